The Hall–Kier alpha value is -2.09. The number of hydrogen-bond acceptors (Lipinski definition) is 7. The van der Waals surface area contributed by atoms with Gasteiger partial charge in [0.1, 0.15) is 4.88 Å². The van der Waals surface area contributed by atoms with E-state index in [0.29, 0.717) is 22.4 Å². The summed E-state index contributed by atoms with van der Waals surface area (Å²) in [6.07, 6.45) is 1.48. The lowest BCUT2D eigenvalue weighted by Crippen LogP contribution is -2.00. The number of nitrogens with zero attached hydrogens (tertiary/aromatic N) is 3. The predicted octanol–water partition coefficient (Wildman–Crippen LogP) is 1.28. The normalized spacial score (nSPS) is 10.3. The number of carbonyl (C=O) groups excluding carboxylic acids is 1. The first-order chi connectivity index (χ1) is 9.13. The van der Waals surface area contributed by atoms with E-state index in [0.717, 1.165) is 5.69 Å². The number of nitrogens with one attached hydrogen (secondary N) is 1. The van der Waals surface area contributed by atoms with Gasteiger partial charge < -0.3 is 14.8 Å². The van der Waals surface area contributed by atoms with Crippen LogP contribution in [0.5, 0.6) is 5.88 Å². The van der Waals surface area contributed by atoms with E-state index in [1.165, 1.54) is 24.6 Å². The van der Waals surface area contributed by atoms with Gasteiger partial charge in [-0.15, -0.1) is 0 Å². The second-order valence-corrected chi connectivity index (χ2v) is 4.71. The molecule has 0 aromatic carbocycles. The van der Waals surface area contributed by atoms with Crippen molar-refractivity contribution in [3.8, 4) is 5.88 Å². The molecule has 0 atom stereocenters. The molecule has 0 aliphatic heterocycles. The van der Waals surface area contributed by atoms with E-state index >= 15 is 0 Å². The van der Waals surface area contributed by atoms with Crippen LogP contribution in [-0.2, 0) is 18.3 Å². The van der Waals surface area contributed by atoms with Gasteiger partial charge >= 0.3 is 5.97 Å². The molecule has 0 radical (unpaired) electrons. The topological polar surface area (TPSA) is 78.3 Å². The van der Waals surface area contributed by atoms with Crippen LogP contribution in [0.15, 0.2) is 12.3 Å². The molecule has 0 aliphatic carbocycles. The molecule has 2 heterocycles. The lowest BCUT2D eigenvalue weighted by Gasteiger charge is -1.97. The highest BCUT2D eigenvalue weighted by Gasteiger charge is 2.11. The molecule has 2 aromatic heterocycles. The Kier molecular flexibility index (Phi) is 4.00. The smallest absolute Gasteiger partial charge is 0.349 e. The number of rotatable bonds is 5. The summed E-state index contributed by atoms with van der Waals surface area (Å²) in [7, 11) is 4.74. The number of aromatic nitrogens is 3. The number of carbonyl (C=O) groups is 1. The van der Waals surface area contributed by atoms with Crippen molar-refractivity contribution in [1.29, 1.82) is 0 Å². The van der Waals surface area contributed by atoms with Gasteiger partial charge in [0.2, 0.25) is 5.88 Å². The Labute approximate surface area is 114 Å². The van der Waals surface area contributed by atoms with Crippen LogP contribution in [0.25, 0.3) is 0 Å². The van der Waals surface area contributed by atoms with Gasteiger partial charge in [0.25, 0.3) is 0 Å². The summed E-state index contributed by atoms with van der Waals surface area (Å²) in [5.41, 5.74) is 0.828. The minimum absolute atomic E-state index is 0.384. The van der Waals surface area contributed by atoms with Gasteiger partial charge in [0, 0.05) is 13.1 Å². The molecule has 2 rings (SSSR count). The molecular formula is C11H14N4O3S. The van der Waals surface area contributed by atoms with Crippen LogP contribution in [-0.4, -0.2) is 35.0 Å². The molecule has 8 heteroatoms. The minimum Gasteiger partial charge on any atom is -0.481 e. The molecule has 102 valence electrons. The molecule has 0 spiro atoms. The van der Waals surface area contributed by atoms with Gasteiger partial charge in [-0.2, -0.15) is 5.10 Å². The summed E-state index contributed by atoms with van der Waals surface area (Å²) < 4.78 is 11.4. The number of thiazole rings is 1. The molecule has 7 nitrogen and oxygen atoms in total. The standard InChI is InChI=1S/C11H14N4O3S/c1-15-9(17-2)4-7(14-15)5-12-11-13-6-8(19-11)10(16)18-3/h4,6H,5H2,1-3H3,(H,12,13). The van der Waals surface area contributed by atoms with E-state index in [4.69, 9.17) is 4.74 Å². The average molecular weight is 282 g/mol. The number of anilines is 1. The summed E-state index contributed by atoms with van der Waals surface area (Å²) in [5.74, 6) is 0.302. The van der Waals surface area contributed by atoms with Crippen LogP contribution in [0.4, 0.5) is 5.13 Å². The quantitative estimate of drug-likeness (QED) is 0.832. The third-order valence-electron chi connectivity index (χ3n) is 2.41. The molecule has 0 saturated carbocycles. The molecule has 0 unspecified atom stereocenters. The van der Waals surface area contributed by atoms with Gasteiger partial charge in [0.15, 0.2) is 5.13 Å². The van der Waals surface area contributed by atoms with Gasteiger partial charge in [-0.25, -0.2) is 14.5 Å². The molecule has 0 bridgehead atoms. The number of esters is 1. The molecule has 19 heavy (non-hydrogen) atoms. The first kappa shape index (κ1) is 13.3. The Morgan fingerprint density at radius 3 is 2.95 bits per heavy atom. The highest BCUT2D eigenvalue weighted by molar-refractivity contribution is 7.17. The number of aryl methyl sites for hydroxylation is 1. The van der Waals surface area contributed by atoms with E-state index in [9.17, 15) is 4.79 Å². The van der Waals surface area contributed by atoms with Crippen molar-refractivity contribution in [2.75, 3.05) is 19.5 Å². The molecule has 1 N–H and O–H groups in total. The highest BCUT2D eigenvalue weighted by Crippen LogP contribution is 2.20. The third kappa shape index (κ3) is 3.02. The van der Waals surface area contributed by atoms with E-state index in [1.54, 1.807) is 18.8 Å². The Bertz CT molecular complexity index is 578. The van der Waals surface area contributed by atoms with Crippen LogP contribution >= 0.6 is 11.3 Å². The molecule has 2 aromatic rings. The van der Waals surface area contributed by atoms with Crippen molar-refractivity contribution in [3.05, 3.63) is 22.8 Å². The van der Waals surface area contributed by atoms with Crippen LogP contribution in [0.3, 0.4) is 0 Å². The zero-order valence-corrected chi connectivity index (χ0v) is 11.7. The van der Waals surface area contributed by atoms with E-state index < -0.39 is 0 Å². The number of hydrogen-bond donors (Lipinski definition) is 1. The highest BCUT2D eigenvalue weighted by atomic mass is 32.1. The van der Waals surface area contributed by atoms with Crippen molar-refractivity contribution < 1.29 is 14.3 Å². The summed E-state index contributed by atoms with van der Waals surface area (Å²) in [6.45, 7) is 0.505. The summed E-state index contributed by atoms with van der Waals surface area (Å²) in [6, 6.07) is 1.84. The molecule has 0 amide bonds. The van der Waals surface area contributed by atoms with Gasteiger partial charge in [-0.3, -0.25) is 0 Å². The summed E-state index contributed by atoms with van der Waals surface area (Å²) in [5, 5.41) is 8.01. The van der Waals surface area contributed by atoms with Gasteiger partial charge in [-0.1, -0.05) is 11.3 Å². The van der Waals surface area contributed by atoms with E-state index in [2.05, 4.69) is 20.1 Å². The largest absolute Gasteiger partial charge is 0.481 e. The van der Waals surface area contributed by atoms with Crippen molar-refractivity contribution >= 4 is 22.4 Å². The maximum atomic E-state index is 11.3. The third-order valence-corrected chi connectivity index (χ3v) is 3.34. The molecule has 0 aliphatic rings. The monoisotopic (exact) mass is 282 g/mol. The number of ether oxygens (including phenoxy) is 2. The molecule has 0 saturated heterocycles. The van der Waals surface area contributed by atoms with Crippen LogP contribution in [0.2, 0.25) is 0 Å². The van der Waals surface area contributed by atoms with Crippen LogP contribution in [0, 0.1) is 0 Å². The lowest BCUT2D eigenvalue weighted by atomic mass is 10.4. The van der Waals surface area contributed by atoms with Crippen molar-refractivity contribution in [2.45, 2.75) is 6.54 Å². The fourth-order valence-corrected chi connectivity index (χ4v) is 2.23. The fraction of sp³-hybridized carbons (Fsp3) is 0.364. The van der Waals surface area contributed by atoms with Crippen molar-refractivity contribution in [1.82, 2.24) is 14.8 Å². The lowest BCUT2D eigenvalue weighted by molar-refractivity contribution is 0.0606. The number of methoxy groups -OCH3 is 2. The maximum absolute atomic E-state index is 11.3. The van der Waals surface area contributed by atoms with Gasteiger partial charge in [-0.05, 0) is 0 Å². The predicted molar refractivity (Wildman–Crippen MR) is 70.5 cm³/mol. The minimum atomic E-state index is -0.384. The SMILES string of the molecule is COC(=O)c1cnc(NCc2cc(OC)n(C)n2)s1. The van der Waals surface area contributed by atoms with Crippen molar-refractivity contribution in [2.24, 2.45) is 7.05 Å². The first-order valence-corrected chi connectivity index (χ1v) is 6.30. The zero-order chi connectivity index (χ0) is 13.8. The van der Waals surface area contributed by atoms with Gasteiger partial charge in [0.05, 0.1) is 32.7 Å². The van der Waals surface area contributed by atoms with Crippen molar-refractivity contribution in [3.63, 3.8) is 0 Å². The van der Waals surface area contributed by atoms with E-state index in [-0.39, 0.29) is 5.97 Å². The van der Waals surface area contributed by atoms with E-state index in [1.807, 2.05) is 6.07 Å². The second kappa shape index (κ2) is 5.70. The zero-order valence-electron chi connectivity index (χ0n) is 10.8. The summed E-state index contributed by atoms with van der Waals surface area (Å²) >= 11 is 1.24. The fourth-order valence-electron chi connectivity index (χ4n) is 1.50. The van der Waals surface area contributed by atoms with Crippen LogP contribution < -0.4 is 10.1 Å². The summed E-state index contributed by atoms with van der Waals surface area (Å²) in [4.78, 5) is 15.8. The Balaban J connectivity index is 1.98. The maximum Gasteiger partial charge on any atom is 0.349 e. The Morgan fingerprint density at radius 2 is 2.32 bits per heavy atom. The first-order valence-electron chi connectivity index (χ1n) is 5.49. The molecule has 0 fully saturated rings. The van der Waals surface area contributed by atoms with Crippen LogP contribution in [0.1, 0.15) is 15.4 Å². The molecular weight excluding hydrogens is 268 g/mol. The average Bonchev–Trinajstić information content (AvgIpc) is 3.01. The second-order valence-electron chi connectivity index (χ2n) is 3.68. The Morgan fingerprint density at radius 1 is 1.53 bits per heavy atom.